The van der Waals surface area contributed by atoms with Gasteiger partial charge in [0.1, 0.15) is 5.69 Å². The van der Waals surface area contributed by atoms with E-state index in [0.717, 1.165) is 10.9 Å². The second-order valence-corrected chi connectivity index (χ2v) is 6.29. The summed E-state index contributed by atoms with van der Waals surface area (Å²) in [4.78, 5) is 29.0. The van der Waals surface area contributed by atoms with Crippen LogP contribution in [0.2, 0.25) is 5.02 Å². The average molecular weight is 336 g/mol. The molecule has 0 aliphatic carbocycles. The van der Waals surface area contributed by atoms with E-state index in [0.29, 0.717) is 30.4 Å². The number of methoxy groups -OCH3 is 1. The SMILES string of the molecule is COC[C@@H]1CN(C(=O)c2cc3cc(Cl)ccc3[nH]2)C[C@H]1C(N)=O. The van der Waals surface area contributed by atoms with Gasteiger partial charge in [-0.05, 0) is 24.3 Å². The van der Waals surface area contributed by atoms with Crippen LogP contribution in [-0.2, 0) is 9.53 Å². The minimum Gasteiger partial charge on any atom is -0.384 e. The van der Waals surface area contributed by atoms with Crippen LogP contribution in [0.4, 0.5) is 0 Å². The number of nitrogens with zero attached hydrogens (tertiary/aromatic N) is 1. The lowest BCUT2D eigenvalue weighted by atomic mass is 9.96. The van der Waals surface area contributed by atoms with Crippen molar-refractivity contribution in [3.8, 4) is 0 Å². The molecular formula is C16H18ClN3O3. The number of hydrogen-bond acceptors (Lipinski definition) is 3. The molecular weight excluding hydrogens is 318 g/mol. The van der Waals surface area contributed by atoms with Gasteiger partial charge in [0.15, 0.2) is 0 Å². The Labute approximate surface area is 138 Å². The topological polar surface area (TPSA) is 88.4 Å². The smallest absolute Gasteiger partial charge is 0.270 e. The van der Waals surface area contributed by atoms with E-state index >= 15 is 0 Å². The normalized spacial score (nSPS) is 21.0. The van der Waals surface area contributed by atoms with Crippen LogP contribution < -0.4 is 5.73 Å². The van der Waals surface area contributed by atoms with Crippen LogP contribution >= 0.6 is 11.6 Å². The molecule has 0 radical (unpaired) electrons. The summed E-state index contributed by atoms with van der Waals surface area (Å²) in [6, 6.07) is 7.17. The van der Waals surface area contributed by atoms with Crippen LogP contribution in [0.5, 0.6) is 0 Å². The number of nitrogens with two attached hydrogens (primary N) is 1. The fourth-order valence-electron chi connectivity index (χ4n) is 3.13. The second-order valence-electron chi connectivity index (χ2n) is 5.85. The number of halogens is 1. The van der Waals surface area contributed by atoms with Gasteiger partial charge in [-0.1, -0.05) is 11.6 Å². The van der Waals surface area contributed by atoms with Gasteiger partial charge in [-0.3, -0.25) is 9.59 Å². The summed E-state index contributed by atoms with van der Waals surface area (Å²) in [6.07, 6.45) is 0. The van der Waals surface area contributed by atoms with E-state index in [1.54, 1.807) is 30.2 Å². The number of amides is 2. The Balaban J connectivity index is 1.83. The highest BCUT2D eigenvalue weighted by molar-refractivity contribution is 6.31. The number of carbonyl (C=O) groups excluding carboxylic acids is 2. The summed E-state index contributed by atoms with van der Waals surface area (Å²) < 4.78 is 5.13. The Kier molecular flexibility index (Phi) is 4.28. The molecule has 2 amide bonds. The zero-order chi connectivity index (χ0) is 16.6. The van der Waals surface area contributed by atoms with Crippen molar-refractivity contribution in [1.29, 1.82) is 0 Å². The number of rotatable bonds is 4. The lowest BCUT2D eigenvalue weighted by Gasteiger charge is -2.15. The summed E-state index contributed by atoms with van der Waals surface area (Å²) in [5.74, 6) is -0.994. The molecule has 1 aliphatic heterocycles. The van der Waals surface area contributed by atoms with Crippen molar-refractivity contribution in [2.45, 2.75) is 0 Å². The Morgan fingerprint density at radius 1 is 1.39 bits per heavy atom. The van der Waals surface area contributed by atoms with Crippen LogP contribution in [0.1, 0.15) is 10.5 Å². The standard InChI is InChI=1S/C16H18ClN3O3/c1-23-8-10-6-20(7-12(10)15(18)21)16(22)14-5-9-4-11(17)2-3-13(9)19-14/h2-5,10,12,19H,6-8H2,1H3,(H2,18,21)/t10-,12+/m0/s1. The number of primary amides is 1. The van der Waals surface area contributed by atoms with Crippen molar-refractivity contribution in [3.63, 3.8) is 0 Å². The van der Waals surface area contributed by atoms with E-state index in [-0.39, 0.29) is 17.7 Å². The van der Waals surface area contributed by atoms with Crippen LogP contribution in [-0.4, -0.2) is 48.5 Å². The Morgan fingerprint density at radius 3 is 2.87 bits per heavy atom. The number of aromatic amines is 1. The fourth-order valence-corrected chi connectivity index (χ4v) is 3.31. The van der Waals surface area contributed by atoms with Crippen LogP contribution in [0.25, 0.3) is 10.9 Å². The van der Waals surface area contributed by atoms with Gasteiger partial charge in [0.05, 0.1) is 12.5 Å². The van der Waals surface area contributed by atoms with Gasteiger partial charge in [-0.15, -0.1) is 0 Å². The van der Waals surface area contributed by atoms with Gasteiger partial charge in [-0.25, -0.2) is 0 Å². The predicted molar refractivity (Wildman–Crippen MR) is 87.3 cm³/mol. The molecule has 2 heterocycles. The minimum absolute atomic E-state index is 0.0692. The number of likely N-dealkylation sites (tertiary alicyclic amines) is 1. The number of ether oxygens (including phenoxy) is 1. The summed E-state index contributed by atoms with van der Waals surface area (Å²) in [7, 11) is 1.57. The highest BCUT2D eigenvalue weighted by Gasteiger charge is 2.39. The van der Waals surface area contributed by atoms with Crippen molar-refractivity contribution >= 4 is 34.3 Å². The van der Waals surface area contributed by atoms with Crippen molar-refractivity contribution in [2.24, 2.45) is 17.6 Å². The summed E-state index contributed by atoms with van der Waals surface area (Å²) >= 11 is 5.97. The molecule has 7 heteroatoms. The van der Waals surface area contributed by atoms with E-state index in [1.807, 2.05) is 6.07 Å². The van der Waals surface area contributed by atoms with Gasteiger partial charge >= 0.3 is 0 Å². The molecule has 1 aromatic carbocycles. The summed E-state index contributed by atoms with van der Waals surface area (Å²) in [6.45, 7) is 1.18. The van der Waals surface area contributed by atoms with Crippen molar-refractivity contribution in [2.75, 3.05) is 26.8 Å². The zero-order valence-corrected chi connectivity index (χ0v) is 13.5. The largest absolute Gasteiger partial charge is 0.384 e. The quantitative estimate of drug-likeness (QED) is 0.890. The maximum absolute atomic E-state index is 12.7. The molecule has 6 nitrogen and oxygen atoms in total. The number of H-pyrrole nitrogens is 1. The van der Waals surface area contributed by atoms with E-state index in [4.69, 9.17) is 22.1 Å². The zero-order valence-electron chi connectivity index (χ0n) is 12.7. The van der Waals surface area contributed by atoms with Crippen LogP contribution in [0.15, 0.2) is 24.3 Å². The lowest BCUT2D eigenvalue weighted by Crippen LogP contribution is -2.32. The molecule has 122 valence electrons. The van der Waals surface area contributed by atoms with Crippen molar-refractivity contribution in [3.05, 3.63) is 35.0 Å². The molecule has 3 rings (SSSR count). The van der Waals surface area contributed by atoms with E-state index in [2.05, 4.69) is 4.98 Å². The third-order valence-corrected chi connectivity index (χ3v) is 4.52. The van der Waals surface area contributed by atoms with Gasteiger partial charge in [0.25, 0.3) is 5.91 Å². The van der Waals surface area contributed by atoms with Crippen molar-refractivity contribution in [1.82, 2.24) is 9.88 Å². The predicted octanol–water partition coefficient (Wildman–Crippen LogP) is 1.64. The molecule has 2 aromatic rings. The first-order valence-corrected chi connectivity index (χ1v) is 7.73. The first kappa shape index (κ1) is 15.8. The molecule has 1 aromatic heterocycles. The number of fused-ring (bicyclic) bond motifs is 1. The van der Waals surface area contributed by atoms with Gasteiger partial charge in [-0.2, -0.15) is 0 Å². The molecule has 2 atom stereocenters. The number of benzene rings is 1. The van der Waals surface area contributed by atoms with E-state index in [9.17, 15) is 9.59 Å². The highest BCUT2D eigenvalue weighted by Crippen LogP contribution is 2.26. The molecule has 23 heavy (non-hydrogen) atoms. The third kappa shape index (κ3) is 3.04. The number of carbonyl (C=O) groups is 2. The molecule has 0 saturated carbocycles. The van der Waals surface area contributed by atoms with Gasteiger partial charge in [0, 0.05) is 42.0 Å². The lowest BCUT2D eigenvalue weighted by molar-refractivity contribution is -0.122. The number of hydrogen-bond donors (Lipinski definition) is 2. The highest BCUT2D eigenvalue weighted by atomic mass is 35.5. The number of aromatic nitrogens is 1. The molecule has 3 N–H and O–H groups in total. The molecule has 1 fully saturated rings. The molecule has 0 bridgehead atoms. The first-order chi connectivity index (χ1) is 11.0. The summed E-state index contributed by atoms with van der Waals surface area (Å²) in [5, 5.41) is 1.49. The van der Waals surface area contributed by atoms with E-state index in [1.165, 1.54) is 0 Å². The Morgan fingerprint density at radius 2 is 2.17 bits per heavy atom. The van der Waals surface area contributed by atoms with Gasteiger partial charge in [0.2, 0.25) is 5.91 Å². The third-order valence-electron chi connectivity index (χ3n) is 4.29. The maximum atomic E-state index is 12.7. The number of nitrogens with one attached hydrogen (secondary N) is 1. The van der Waals surface area contributed by atoms with Crippen molar-refractivity contribution < 1.29 is 14.3 Å². The van der Waals surface area contributed by atoms with Gasteiger partial charge < -0.3 is 20.4 Å². The monoisotopic (exact) mass is 335 g/mol. The first-order valence-electron chi connectivity index (χ1n) is 7.35. The average Bonchev–Trinajstić information content (AvgIpc) is 3.10. The fraction of sp³-hybridized carbons (Fsp3) is 0.375. The molecule has 0 unspecified atom stereocenters. The Hall–Kier alpha value is -2.05. The minimum atomic E-state index is -0.397. The second kappa shape index (κ2) is 6.22. The molecule has 0 spiro atoms. The van der Waals surface area contributed by atoms with Crippen LogP contribution in [0.3, 0.4) is 0 Å². The van der Waals surface area contributed by atoms with E-state index < -0.39 is 5.91 Å². The summed E-state index contributed by atoms with van der Waals surface area (Å²) in [5.41, 5.74) is 6.76. The molecule has 1 aliphatic rings. The van der Waals surface area contributed by atoms with Crippen LogP contribution in [0, 0.1) is 11.8 Å². The Bertz CT molecular complexity index is 758. The molecule has 1 saturated heterocycles. The maximum Gasteiger partial charge on any atom is 0.270 e.